The standard InChI is InChI=1S/C11H18N2O4/c14-8-4-9(11(16)17)13(6-8)10(15)3-7-1-2-12-5-7/h7-9,12,14H,1-6H2,(H,16,17)/t7?,8-,9-/m1/s1. The number of rotatable bonds is 3. The zero-order valence-electron chi connectivity index (χ0n) is 9.63. The van der Waals surface area contributed by atoms with Crippen molar-refractivity contribution in [2.24, 2.45) is 5.92 Å². The number of carbonyl (C=O) groups is 2. The van der Waals surface area contributed by atoms with E-state index in [4.69, 9.17) is 5.11 Å². The van der Waals surface area contributed by atoms with Crippen LogP contribution in [0.15, 0.2) is 0 Å². The topological polar surface area (TPSA) is 89.9 Å². The van der Waals surface area contributed by atoms with E-state index < -0.39 is 18.1 Å². The fourth-order valence-corrected chi connectivity index (χ4v) is 2.58. The summed E-state index contributed by atoms with van der Waals surface area (Å²) >= 11 is 0. The Hall–Kier alpha value is -1.14. The smallest absolute Gasteiger partial charge is 0.326 e. The monoisotopic (exact) mass is 242 g/mol. The number of aliphatic hydroxyl groups excluding tert-OH is 1. The molecule has 96 valence electrons. The highest BCUT2D eigenvalue weighted by atomic mass is 16.4. The third kappa shape index (κ3) is 2.76. The van der Waals surface area contributed by atoms with Crippen LogP contribution in [0, 0.1) is 5.92 Å². The summed E-state index contributed by atoms with van der Waals surface area (Å²) in [7, 11) is 0. The van der Waals surface area contributed by atoms with Gasteiger partial charge in [-0.2, -0.15) is 0 Å². The number of nitrogens with zero attached hydrogens (tertiary/aromatic N) is 1. The Kier molecular flexibility index (Phi) is 3.63. The number of carboxylic acid groups (broad SMARTS) is 1. The van der Waals surface area contributed by atoms with Gasteiger partial charge in [0.15, 0.2) is 0 Å². The molecule has 2 rings (SSSR count). The normalized spacial score (nSPS) is 33.0. The Morgan fingerprint density at radius 1 is 1.41 bits per heavy atom. The number of amides is 1. The number of aliphatic carboxylic acids is 1. The quantitative estimate of drug-likeness (QED) is 0.592. The molecule has 2 heterocycles. The fraction of sp³-hybridized carbons (Fsp3) is 0.818. The molecule has 3 atom stereocenters. The van der Waals surface area contributed by atoms with Crippen LogP contribution in [0.25, 0.3) is 0 Å². The van der Waals surface area contributed by atoms with Gasteiger partial charge in [0.25, 0.3) is 0 Å². The number of nitrogens with one attached hydrogen (secondary N) is 1. The largest absolute Gasteiger partial charge is 0.480 e. The summed E-state index contributed by atoms with van der Waals surface area (Å²) < 4.78 is 0. The lowest BCUT2D eigenvalue weighted by Crippen LogP contribution is -2.41. The van der Waals surface area contributed by atoms with Crippen molar-refractivity contribution in [3.8, 4) is 0 Å². The third-order valence-electron chi connectivity index (χ3n) is 3.51. The van der Waals surface area contributed by atoms with Gasteiger partial charge in [-0.15, -0.1) is 0 Å². The van der Waals surface area contributed by atoms with E-state index in [2.05, 4.69) is 5.32 Å². The zero-order valence-corrected chi connectivity index (χ0v) is 9.63. The number of likely N-dealkylation sites (tertiary alicyclic amines) is 1. The van der Waals surface area contributed by atoms with Crippen molar-refractivity contribution in [3.05, 3.63) is 0 Å². The van der Waals surface area contributed by atoms with Crippen LogP contribution in [0.4, 0.5) is 0 Å². The molecule has 1 unspecified atom stereocenters. The highest BCUT2D eigenvalue weighted by Crippen LogP contribution is 2.22. The fourth-order valence-electron chi connectivity index (χ4n) is 2.58. The average Bonchev–Trinajstić information content (AvgIpc) is 2.86. The van der Waals surface area contributed by atoms with Crippen LogP contribution < -0.4 is 5.32 Å². The van der Waals surface area contributed by atoms with E-state index in [-0.39, 0.29) is 18.9 Å². The summed E-state index contributed by atoms with van der Waals surface area (Å²) in [6.45, 7) is 1.89. The van der Waals surface area contributed by atoms with Crippen molar-refractivity contribution >= 4 is 11.9 Å². The molecule has 0 bridgehead atoms. The molecule has 2 aliphatic rings. The van der Waals surface area contributed by atoms with Crippen LogP contribution in [0.1, 0.15) is 19.3 Å². The van der Waals surface area contributed by atoms with E-state index in [0.717, 1.165) is 19.5 Å². The Labute approximate surface area is 99.6 Å². The minimum Gasteiger partial charge on any atom is -0.480 e. The van der Waals surface area contributed by atoms with E-state index in [1.54, 1.807) is 0 Å². The van der Waals surface area contributed by atoms with E-state index in [1.807, 2.05) is 0 Å². The van der Waals surface area contributed by atoms with Crippen LogP contribution in [-0.4, -0.2) is 58.8 Å². The number of hydrogen-bond donors (Lipinski definition) is 3. The van der Waals surface area contributed by atoms with Gasteiger partial charge in [0.2, 0.25) is 5.91 Å². The Morgan fingerprint density at radius 3 is 2.76 bits per heavy atom. The molecule has 0 spiro atoms. The summed E-state index contributed by atoms with van der Waals surface area (Å²) in [4.78, 5) is 24.3. The van der Waals surface area contributed by atoms with Gasteiger partial charge in [0.1, 0.15) is 6.04 Å². The number of carbonyl (C=O) groups excluding carboxylic acids is 1. The van der Waals surface area contributed by atoms with Crippen molar-refractivity contribution in [2.45, 2.75) is 31.4 Å². The molecule has 0 aliphatic carbocycles. The van der Waals surface area contributed by atoms with Crippen LogP contribution in [-0.2, 0) is 9.59 Å². The predicted molar refractivity (Wildman–Crippen MR) is 59.4 cm³/mol. The first kappa shape index (κ1) is 12.3. The van der Waals surface area contributed by atoms with Crippen molar-refractivity contribution in [2.75, 3.05) is 19.6 Å². The van der Waals surface area contributed by atoms with Gasteiger partial charge in [-0.3, -0.25) is 4.79 Å². The molecule has 6 heteroatoms. The van der Waals surface area contributed by atoms with E-state index in [0.29, 0.717) is 12.3 Å². The van der Waals surface area contributed by atoms with E-state index >= 15 is 0 Å². The predicted octanol–water partition coefficient (Wildman–Crippen LogP) is -0.968. The van der Waals surface area contributed by atoms with Gasteiger partial charge in [-0.25, -0.2) is 4.79 Å². The zero-order chi connectivity index (χ0) is 12.4. The van der Waals surface area contributed by atoms with Crippen LogP contribution in [0.2, 0.25) is 0 Å². The second-order valence-electron chi connectivity index (χ2n) is 4.85. The second kappa shape index (κ2) is 5.01. The van der Waals surface area contributed by atoms with Crippen LogP contribution in [0.3, 0.4) is 0 Å². The minimum atomic E-state index is -1.03. The highest BCUT2D eigenvalue weighted by molar-refractivity contribution is 5.84. The molecule has 0 aromatic rings. The molecule has 2 fully saturated rings. The lowest BCUT2D eigenvalue weighted by Gasteiger charge is -2.22. The SMILES string of the molecule is O=C(O)[C@H]1C[C@@H](O)CN1C(=O)CC1CCNC1. The summed E-state index contributed by atoms with van der Waals surface area (Å²) in [5.41, 5.74) is 0. The number of β-amino-alcohol motifs (C(OH)–C–C–N with tert-alkyl or cyclic N) is 1. The van der Waals surface area contributed by atoms with Gasteiger partial charge in [-0.1, -0.05) is 0 Å². The average molecular weight is 242 g/mol. The Bertz CT molecular complexity index is 315. The van der Waals surface area contributed by atoms with Gasteiger partial charge >= 0.3 is 5.97 Å². The molecule has 0 aromatic carbocycles. The van der Waals surface area contributed by atoms with Crippen molar-refractivity contribution in [3.63, 3.8) is 0 Å². The van der Waals surface area contributed by atoms with Gasteiger partial charge in [0, 0.05) is 19.4 Å². The molecule has 2 aliphatic heterocycles. The lowest BCUT2D eigenvalue weighted by atomic mass is 10.0. The molecule has 0 radical (unpaired) electrons. The second-order valence-corrected chi connectivity index (χ2v) is 4.85. The molecule has 2 saturated heterocycles. The third-order valence-corrected chi connectivity index (χ3v) is 3.51. The summed E-state index contributed by atoms with van der Waals surface area (Å²) in [6, 6.07) is -0.855. The van der Waals surface area contributed by atoms with E-state index in [9.17, 15) is 14.7 Å². The maximum atomic E-state index is 12.0. The van der Waals surface area contributed by atoms with Crippen molar-refractivity contribution < 1.29 is 19.8 Å². The molecule has 6 nitrogen and oxygen atoms in total. The molecule has 1 amide bonds. The van der Waals surface area contributed by atoms with Crippen LogP contribution in [0.5, 0.6) is 0 Å². The van der Waals surface area contributed by atoms with Gasteiger partial charge < -0.3 is 20.4 Å². The Balaban J connectivity index is 1.94. The summed E-state index contributed by atoms with van der Waals surface area (Å²) in [6.07, 6.45) is 0.773. The molecule has 0 aromatic heterocycles. The first-order chi connectivity index (χ1) is 8.08. The Morgan fingerprint density at radius 2 is 2.18 bits per heavy atom. The maximum Gasteiger partial charge on any atom is 0.326 e. The van der Waals surface area contributed by atoms with Gasteiger partial charge in [0.05, 0.1) is 6.10 Å². The minimum absolute atomic E-state index is 0.143. The first-order valence-electron chi connectivity index (χ1n) is 5.99. The van der Waals surface area contributed by atoms with Crippen molar-refractivity contribution in [1.29, 1.82) is 0 Å². The molecular formula is C11H18N2O4. The first-order valence-corrected chi connectivity index (χ1v) is 5.99. The molecular weight excluding hydrogens is 224 g/mol. The molecule has 3 N–H and O–H groups in total. The maximum absolute atomic E-state index is 12.0. The summed E-state index contributed by atoms with van der Waals surface area (Å²) in [5.74, 6) is -0.878. The van der Waals surface area contributed by atoms with Crippen molar-refractivity contribution in [1.82, 2.24) is 10.2 Å². The van der Waals surface area contributed by atoms with Gasteiger partial charge in [-0.05, 0) is 25.4 Å². The van der Waals surface area contributed by atoms with Crippen LogP contribution >= 0.6 is 0 Å². The molecule has 0 saturated carbocycles. The number of hydrogen-bond acceptors (Lipinski definition) is 4. The number of carboxylic acids is 1. The number of aliphatic hydroxyl groups is 1. The lowest BCUT2D eigenvalue weighted by molar-refractivity contribution is -0.148. The molecule has 17 heavy (non-hydrogen) atoms. The van der Waals surface area contributed by atoms with E-state index in [1.165, 1.54) is 4.90 Å². The highest BCUT2D eigenvalue weighted by Gasteiger charge is 2.39. The summed E-state index contributed by atoms with van der Waals surface area (Å²) in [5, 5.41) is 21.6.